The van der Waals surface area contributed by atoms with Crippen molar-refractivity contribution in [1.82, 2.24) is 34.9 Å². The fourth-order valence-corrected chi connectivity index (χ4v) is 4.51. The number of rotatable bonds is 5. The molecule has 31 heavy (non-hydrogen) atoms. The maximum atomic E-state index is 4.93. The molecule has 0 saturated carbocycles. The van der Waals surface area contributed by atoms with Gasteiger partial charge in [-0.3, -0.25) is 14.8 Å². The Balaban J connectivity index is 1.61. The number of fused-ring (bicyclic) bond motifs is 1. The lowest BCUT2D eigenvalue weighted by Gasteiger charge is -2.02. The number of hydrogen-bond acceptors (Lipinski definition) is 5. The number of H-pyrrole nitrogens is 2. The van der Waals surface area contributed by atoms with E-state index >= 15 is 0 Å². The molecule has 5 rings (SSSR count). The topological polar surface area (TPSA) is 88.1 Å². The molecule has 154 valence electrons. The van der Waals surface area contributed by atoms with Gasteiger partial charge in [0.25, 0.3) is 0 Å². The van der Waals surface area contributed by atoms with E-state index in [2.05, 4.69) is 50.9 Å². The highest BCUT2D eigenvalue weighted by atomic mass is 32.1. The van der Waals surface area contributed by atoms with E-state index < -0.39 is 0 Å². The van der Waals surface area contributed by atoms with Gasteiger partial charge in [0, 0.05) is 45.2 Å². The summed E-state index contributed by atoms with van der Waals surface area (Å²) in [7, 11) is 1.89. The molecule has 0 aliphatic rings. The zero-order valence-electron chi connectivity index (χ0n) is 17.5. The SMILES string of the molecule is C=C/C=C(/c1ccc(C)s1)c1nc(-c2n[nH]c3cnc(-c4cnn(C)c4)cc23)[nH]c1C. The first-order valence-corrected chi connectivity index (χ1v) is 10.6. The summed E-state index contributed by atoms with van der Waals surface area (Å²) < 4.78 is 1.76. The molecule has 0 aliphatic carbocycles. The van der Waals surface area contributed by atoms with E-state index in [0.29, 0.717) is 5.82 Å². The van der Waals surface area contributed by atoms with E-state index in [-0.39, 0.29) is 0 Å². The number of nitrogens with zero attached hydrogens (tertiary/aromatic N) is 5. The van der Waals surface area contributed by atoms with Crippen molar-refractivity contribution < 1.29 is 0 Å². The highest BCUT2D eigenvalue weighted by Crippen LogP contribution is 2.33. The van der Waals surface area contributed by atoms with Crippen molar-refractivity contribution in [2.24, 2.45) is 7.05 Å². The third kappa shape index (κ3) is 3.40. The smallest absolute Gasteiger partial charge is 0.159 e. The van der Waals surface area contributed by atoms with Crippen LogP contribution in [0.4, 0.5) is 0 Å². The van der Waals surface area contributed by atoms with Gasteiger partial charge in [-0.2, -0.15) is 10.2 Å². The van der Waals surface area contributed by atoms with Crippen molar-refractivity contribution in [3.63, 3.8) is 0 Å². The molecule has 5 aromatic rings. The molecule has 5 heterocycles. The molecule has 0 saturated heterocycles. The van der Waals surface area contributed by atoms with Gasteiger partial charge in [0.05, 0.1) is 29.3 Å². The van der Waals surface area contributed by atoms with Crippen LogP contribution in [0.1, 0.15) is 21.1 Å². The fraction of sp³-hybridized carbons (Fsp3) is 0.130. The molecule has 0 aliphatic heterocycles. The van der Waals surface area contributed by atoms with E-state index in [9.17, 15) is 0 Å². The van der Waals surface area contributed by atoms with Crippen molar-refractivity contribution in [1.29, 1.82) is 0 Å². The molecular formula is C23H21N7S. The average molecular weight is 428 g/mol. The van der Waals surface area contributed by atoms with Gasteiger partial charge in [-0.25, -0.2) is 4.98 Å². The molecule has 2 N–H and O–H groups in total. The van der Waals surface area contributed by atoms with Crippen LogP contribution in [0.2, 0.25) is 0 Å². The first-order chi connectivity index (χ1) is 15.0. The molecule has 0 atom stereocenters. The third-order valence-corrected chi connectivity index (χ3v) is 6.14. The van der Waals surface area contributed by atoms with E-state index in [1.54, 1.807) is 34.5 Å². The number of nitrogens with one attached hydrogen (secondary N) is 2. The van der Waals surface area contributed by atoms with Gasteiger partial charge in [-0.05, 0) is 32.0 Å². The predicted octanol–water partition coefficient (Wildman–Crippen LogP) is 5.04. The maximum absolute atomic E-state index is 4.93. The quantitative estimate of drug-likeness (QED) is 0.385. The van der Waals surface area contributed by atoms with Crippen LogP contribution in [-0.4, -0.2) is 34.9 Å². The van der Waals surface area contributed by atoms with E-state index in [4.69, 9.17) is 4.98 Å². The van der Waals surface area contributed by atoms with E-state index in [0.717, 1.165) is 49.7 Å². The molecule has 8 heteroatoms. The Hall–Kier alpha value is -3.78. The molecule has 5 aromatic heterocycles. The number of aromatic nitrogens is 7. The van der Waals surface area contributed by atoms with Gasteiger partial charge < -0.3 is 4.98 Å². The summed E-state index contributed by atoms with van der Waals surface area (Å²) in [5.74, 6) is 0.713. The minimum Gasteiger partial charge on any atom is -0.340 e. The Labute approximate surface area is 183 Å². The van der Waals surface area contributed by atoms with Crippen molar-refractivity contribution in [3.8, 4) is 22.8 Å². The molecule has 0 unspecified atom stereocenters. The van der Waals surface area contributed by atoms with Crippen LogP contribution < -0.4 is 0 Å². The number of aromatic amines is 2. The van der Waals surface area contributed by atoms with Gasteiger partial charge in [0.1, 0.15) is 5.69 Å². The summed E-state index contributed by atoms with van der Waals surface area (Å²) in [4.78, 5) is 15.3. The number of allylic oxidation sites excluding steroid dienone is 2. The molecule has 0 spiro atoms. The van der Waals surface area contributed by atoms with Crippen molar-refractivity contribution in [3.05, 3.63) is 76.7 Å². The average Bonchev–Trinajstić information content (AvgIpc) is 3.53. The summed E-state index contributed by atoms with van der Waals surface area (Å²) in [6.45, 7) is 8.02. The van der Waals surface area contributed by atoms with Crippen LogP contribution in [0.5, 0.6) is 0 Å². The van der Waals surface area contributed by atoms with Crippen LogP contribution in [-0.2, 0) is 7.05 Å². The number of aryl methyl sites for hydroxylation is 3. The Bertz CT molecular complexity index is 1440. The number of thiophene rings is 1. The summed E-state index contributed by atoms with van der Waals surface area (Å²) in [5.41, 5.74) is 6.34. The second-order valence-corrected chi connectivity index (χ2v) is 8.66. The number of hydrogen-bond donors (Lipinski definition) is 2. The lowest BCUT2D eigenvalue weighted by molar-refractivity contribution is 0.768. The Morgan fingerprint density at radius 1 is 1.23 bits per heavy atom. The fourth-order valence-electron chi connectivity index (χ4n) is 3.62. The Kier molecular flexibility index (Phi) is 4.63. The first-order valence-electron chi connectivity index (χ1n) is 9.83. The van der Waals surface area contributed by atoms with Gasteiger partial charge >= 0.3 is 0 Å². The van der Waals surface area contributed by atoms with Crippen molar-refractivity contribution in [2.45, 2.75) is 13.8 Å². The summed E-state index contributed by atoms with van der Waals surface area (Å²) >= 11 is 1.74. The molecule has 0 amide bonds. The van der Waals surface area contributed by atoms with Crippen LogP contribution in [0.3, 0.4) is 0 Å². The number of imidazole rings is 1. The summed E-state index contributed by atoms with van der Waals surface area (Å²) in [5, 5.41) is 12.8. The van der Waals surface area contributed by atoms with Crippen molar-refractivity contribution >= 4 is 27.8 Å². The first kappa shape index (κ1) is 19.2. The highest BCUT2D eigenvalue weighted by molar-refractivity contribution is 7.13. The normalized spacial score (nSPS) is 12.0. The molecule has 0 radical (unpaired) electrons. The van der Waals surface area contributed by atoms with Crippen LogP contribution in [0.15, 0.2) is 55.5 Å². The van der Waals surface area contributed by atoms with Gasteiger partial charge in [-0.1, -0.05) is 18.7 Å². The van der Waals surface area contributed by atoms with Crippen molar-refractivity contribution in [2.75, 3.05) is 0 Å². The highest BCUT2D eigenvalue weighted by Gasteiger charge is 2.19. The van der Waals surface area contributed by atoms with E-state index in [1.165, 1.54) is 4.88 Å². The second kappa shape index (κ2) is 7.48. The Morgan fingerprint density at radius 2 is 2.10 bits per heavy atom. The minimum absolute atomic E-state index is 0.713. The molecular weight excluding hydrogens is 406 g/mol. The second-order valence-electron chi connectivity index (χ2n) is 7.38. The van der Waals surface area contributed by atoms with Crippen LogP contribution >= 0.6 is 11.3 Å². The predicted molar refractivity (Wildman–Crippen MR) is 125 cm³/mol. The number of pyridine rings is 1. The lowest BCUT2D eigenvalue weighted by Crippen LogP contribution is -1.88. The Morgan fingerprint density at radius 3 is 2.81 bits per heavy atom. The van der Waals surface area contributed by atoms with E-state index in [1.807, 2.05) is 32.3 Å². The summed E-state index contributed by atoms with van der Waals surface area (Å²) in [6.07, 6.45) is 9.35. The van der Waals surface area contributed by atoms with Gasteiger partial charge in [0.15, 0.2) is 5.82 Å². The summed E-state index contributed by atoms with van der Waals surface area (Å²) in [6, 6.07) is 6.26. The van der Waals surface area contributed by atoms with Gasteiger partial charge in [0.2, 0.25) is 0 Å². The lowest BCUT2D eigenvalue weighted by atomic mass is 10.1. The largest absolute Gasteiger partial charge is 0.340 e. The minimum atomic E-state index is 0.713. The van der Waals surface area contributed by atoms with Crippen LogP contribution in [0.25, 0.3) is 39.3 Å². The monoisotopic (exact) mass is 427 g/mol. The zero-order chi connectivity index (χ0) is 21.5. The third-order valence-electron chi connectivity index (χ3n) is 5.10. The maximum Gasteiger partial charge on any atom is 0.159 e. The molecule has 0 fully saturated rings. The zero-order valence-corrected chi connectivity index (χ0v) is 18.3. The van der Waals surface area contributed by atoms with Gasteiger partial charge in [-0.15, -0.1) is 11.3 Å². The molecule has 7 nitrogen and oxygen atoms in total. The molecule has 0 aromatic carbocycles. The van der Waals surface area contributed by atoms with Crippen LogP contribution in [0, 0.1) is 13.8 Å². The molecule has 0 bridgehead atoms. The standard InChI is InChI=1S/C23H21N7S/c1-5-6-16(20-8-7-13(2)31-20)21-14(3)26-23(27-21)22-17-9-18(15-10-25-30(4)12-15)24-11-19(17)28-29-22/h5-12H,1H2,2-4H3,(H,26,27)(H,28,29)/b16-6-.